The molecule has 0 aromatic rings. The Labute approximate surface area is 195 Å². The van der Waals surface area contributed by atoms with Crippen molar-refractivity contribution in [1.29, 1.82) is 0 Å². The maximum Gasteiger partial charge on any atom is 0.161 e. The van der Waals surface area contributed by atoms with Gasteiger partial charge in [0.15, 0.2) is 19.5 Å². The van der Waals surface area contributed by atoms with Crippen LogP contribution < -0.4 is 0 Å². The number of unbranched alkanes of at least 4 members (excludes halogenated alkanes) is 10. The van der Waals surface area contributed by atoms with Crippen molar-refractivity contribution in [2.45, 2.75) is 168 Å². The van der Waals surface area contributed by atoms with E-state index in [1.165, 1.54) is 128 Å². The van der Waals surface area contributed by atoms with Crippen molar-refractivity contribution >= 4 is 19.5 Å². The maximum absolute atomic E-state index is 6.43. The van der Waals surface area contributed by atoms with E-state index in [-0.39, 0.29) is 19.5 Å². The van der Waals surface area contributed by atoms with Gasteiger partial charge >= 0.3 is 0 Å². The molecule has 0 aromatic heterocycles. The van der Waals surface area contributed by atoms with Gasteiger partial charge in [-0.2, -0.15) is 0 Å². The molecule has 0 aromatic carbocycles. The first-order valence-electron chi connectivity index (χ1n) is 14.0. The zero-order valence-electron chi connectivity index (χ0n) is 21.5. The predicted octanol–water partition coefficient (Wildman–Crippen LogP) is 7.86. The van der Waals surface area contributed by atoms with Crippen LogP contribution >= 0.6 is 0 Å². The molecule has 182 valence electrons. The van der Waals surface area contributed by atoms with Crippen LogP contribution in [0.25, 0.3) is 0 Å². The average molecular weight is 459 g/mol. The van der Waals surface area contributed by atoms with Crippen LogP contribution in [0.5, 0.6) is 0 Å². The van der Waals surface area contributed by atoms with E-state index in [9.17, 15) is 0 Å². The summed E-state index contributed by atoms with van der Waals surface area (Å²) in [7, 11) is -0.679. The fourth-order valence-corrected chi connectivity index (χ4v) is 7.44. The highest BCUT2D eigenvalue weighted by Crippen LogP contribution is 2.16. The predicted molar refractivity (Wildman–Crippen MR) is 142 cm³/mol. The van der Waals surface area contributed by atoms with Crippen LogP contribution in [0.3, 0.4) is 0 Å². The van der Waals surface area contributed by atoms with Gasteiger partial charge in [0.1, 0.15) is 0 Å². The summed E-state index contributed by atoms with van der Waals surface area (Å²) in [6, 6.07) is 2.70. The molecular formula is C26H58O2Si2. The number of rotatable bonds is 25. The second-order valence-corrected chi connectivity index (χ2v) is 12.3. The summed E-state index contributed by atoms with van der Waals surface area (Å²) in [5.74, 6) is 0. The molecule has 0 rings (SSSR count). The number of hydrogen-bond donors (Lipinski definition) is 0. The Bertz CT molecular complexity index is 285. The van der Waals surface area contributed by atoms with Crippen LogP contribution in [0.2, 0.25) is 12.1 Å². The molecular weight excluding hydrogens is 400 g/mol. The standard InChI is InChI=1S/C26H58O2Si2/c1-5-9-13-15-17-21-25(19-11-7-3)27-29-23-24-30-28-26(20-12-8-4)22-18-16-14-10-6-2/h25-26H,5-24,29-30H2,1-4H3. The van der Waals surface area contributed by atoms with Crippen molar-refractivity contribution in [2.75, 3.05) is 0 Å². The van der Waals surface area contributed by atoms with Crippen molar-refractivity contribution in [3.05, 3.63) is 0 Å². The third-order valence-electron chi connectivity index (χ3n) is 6.26. The van der Waals surface area contributed by atoms with Gasteiger partial charge in [-0.05, 0) is 37.8 Å². The lowest BCUT2D eigenvalue weighted by atomic mass is 10.0. The van der Waals surface area contributed by atoms with E-state index in [0.29, 0.717) is 12.2 Å². The van der Waals surface area contributed by atoms with E-state index in [4.69, 9.17) is 8.85 Å². The Morgan fingerprint density at radius 1 is 0.433 bits per heavy atom. The van der Waals surface area contributed by atoms with E-state index in [1.807, 2.05) is 0 Å². The Hall–Kier alpha value is 0.354. The molecule has 0 aliphatic rings. The van der Waals surface area contributed by atoms with Gasteiger partial charge in [-0.25, -0.2) is 0 Å². The van der Waals surface area contributed by atoms with E-state index in [1.54, 1.807) is 0 Å². The fraction of sp³-hybridized carbons (Fsp3) is 1.00. The van der Waals surface area contributed by atoms with Crippen LogP contribution in [-0.2, 0) is 8.85 Å². The average Bonchev–Trinajstić information content (AvgIpc) is 2.76. The molecule has 0 saturated heterocycles. The molecule has 2 unspecified atom stereocenters. The molecule has 0 heterocycles. The lowest BCUT2D eigenvalue weighted by Gasteiger charge is -2.19. The molecule has 0 bridgehead atoms. The highest BCUT2D eigenvalue weighted by molar-refractivity contribution is 6.34. The largest absolute Gasteiger partial charge is 0.421 e. The molecule has 0 aliphatic carbocycles. The second kappa shape index (κ2) is 25.6. The van der Waals surface area contributed by atoms with Gasteiger partial charge < -0.3 is 8.85 Å². The molecule has 0 radical (unpaired) electrons. The van der Waals surface area contributed by atoms with Gasteiger partial charge in [-0.15, -0.1) is 0 Å². The summed E-state index contributed by atoms with van der Waals surface area (Å²) in [5.41, 5.74) is 0. The first kappa shape index (κ1) is 30.4. The smallest absolute Gasteiger partial charge is 0.161 e. The Balaban J connectivity index is 3.88. The van der Waals surface area contributed by atoms with Crippen molar-refractivity contribution in [3.63, 3.8) is 0 Å². The molecule has 0 saturated carbocycles. The van der Waals surface area contributed by atoms with Gasteiger partial charge in [-0.3, -0.25) is 0 Å². The molecule has 0 amide bonds. The van der Waals surface area contributed by atoms with E-state index >= 15 is 0 Å². The third-order valence-corrected chi connectivity index (χ3v) is 10.3. The molecule has 0 fully saturated rings. The first-order chi connectivity index (χ1) is 14.8. The minimum absolute atomic E-state index is 0.340. The zero-order chi connectivity index (χ0) is 22.1. The normalized spacial score (nSPS) is 14.4. The lowest BCUT2D eigenvalue weighted by molar-refractivity contribution is 0.178. The van der Waals surface area contributed by atoms with Gasteiger partial charge in [0.25, 0.3) is 0 Å². The van der Waals surface area contributed by atoms with Crippen LogP contribution in [0.1, 0.15) is 143 Å². The summed E-state index contributed by atoms with van der Waals surface area (Å²) in [6.07, 6.45) is 25.5. The van der Waals surface area contributed by atoms with E-state index < -0.39 is 0 Å². The highest BCUT2D eigenvalue weighted by Gasteiger charge is 2.10. The molecule has 30 heavy (non-hydrogen) atoms. The SMILES string of the molecule is CCCCCCCC(CCCC)O[SiH2]CC[SiH2]OC(CCCC)CCCCCCC. The minimum atomic E-state index is -0.340. The van der Waals surface area contributed by atoms with Crippen LogP contribution in [0, 0.1) is 0 Å². The van der Waals surface area contributed by atoms with Crippen LogP contribution in [0.15, 0.2) is 0 Å². The topological polar surface area (TPSA) is 18.5 Å². The van der Waals surface area contributed by atoms with Gasteiger partial charge in [0, 0.05) is 12.2 Å². The molecule has 0 N–H and O–H groups in total. The quantitative estimate of drug-likeness (QED) is 0.102. The monoisotopic (exact) mass is 458 g/mol. The summed E-state index contributed by atoms with van der Waals surface area (Å²) in [5, 5.41) is 0. The van der Waals surface area contributed by atoms with Gasteiger partial charge in [0.05, 0.1) is 0 Å². The van der Waals surface area contributed by atoms with Crippen molar-refractivity contribution in [3.8, 4) is 0 Å². The minimum Gasteiger partial charge on any atom is -0.421 e. The van der Waals surface area contributed by atoms with Crippen molar-refractivity contribution in [2.24, 2.45) is 0 Å². The Morgan fingerprint density at radius 2 is 0.767 bits per heavy atom. The number of hydrogen-bond acceptors (Lipinski definition) is 2. The van der Waals surface area contributed by atoms with Gasteiger partial charge in [0.2, 0.25) is 0 Å². The fourth-order valence-electron chi connectivity index (χ4n) is 4.14. The molecule has 4 heteroatoms. The molecule has 0 spiro atoms. The first-order valence-corrected chi connectivity index (χ1v) is 17.2. The lowest BCUT2D eigenvalue weighted by Crippen LogP contribution is -2.18. The Kier molecular flexibility index (Phi) is 25.9. The maximum atomic E-state index is 6.43. The van der Waals surface area contributed by atoms with Gasteiger partial charge in [-0.1, -0.05) is 118 Å². The van der Waals surface area contributed by atoms with Crippen molar-refractivity contribution < 1.29 is 8.85 Å². The molecule has 0 aliphatic heterocycles. The van der Waals surface area contributed by atoms with Crippen LogP contribution in [0.4, 0.5) is 0 Å². The zero-order valence-corrected chi connectivity index (χ0v) is 24.4. The third kappa shape index (κ3) is 21.6. The van der Waals surface area contributed by atoms with E-state index in [0.717, 1.165) is 0 Å². The second-order valence-electron chi connectivity index (χ2n) is 9.38. The summed E-state index contributed by atoms with van der Waals surface area (Å²) in [6.45, 7) is 9.20. The van der Waals surface area contributed by atoms with E-state index in [2.05, 4.69) is 27.7 Å². The molecule has 2 nitrogen and oxygen atoms in total. The van der Waals surface area contributed by atoms with Crippen LogP contribution in [-0.4, -0.2) is 31.7 Å². The molecule has 2 atom stereocenters. The summed E-state index contributed by atoms with van der Waals surface area (Å²) < 4.78 is 12.9. The summed E-state index contributed by atoms with van der Waals surface area (Å²) >= 11 is 0. The summed E-state index contributed by atoms with van der Waals surface area (Å²) in [4.78, 5) is 0. The van der Waals surface area contributed by atoms with Crippen molar-refractivity contribution in [1.82, 2.24) is 0 Å². The Morgan fingerprint density at radius 3 is 1.13 bits per heavy atom. The highest BCUT2D eigenvalue weighted by atomic mass is 28.2.